The van der Waals surface area contributed by atoms with Gasteiger partial charge < -0.3 is 9.67 Å². The Kier molecular flexibility index (Phi) is 6.63. The molecule has 0 spiro atoms. The zero-order valence-corrected chi connectivity index (χ0v) is 20.2. The average Bonchev–Trinajstić information content (AvgIpc) is 3.24. The fraction of sp³-hybridized carbons (Fsp3) is 0.345. The summed E-state index contributed by atoms with van der Waals surface area (Å²) < 4.78 is 2.26. The van der Waals surface area contributed by atoms with Crippen molar-refractivity contribution in [3.05, 3.63) is 95.2 Å². The van der Waals surface area contributed by atoms with Gasteiger partial charge in [0.25, 0.3) is 0 Å². The first-order valence-corrected chi connectivity index (χ1v) is 12.3. The van der Waals surface area contributed by atoms with Crippen LogP contribution in [-0.2, 0) is 19.5 Å². The van der Waals surface area contributed by atoms with E-state index in [9.17, 15) is 5.11 Å². The summed E-state index contributed by atoms with van der Waals surface area (Å²) in [5.41, 5.74) is 4.98. The van der Waals surface area contributed by atoms with E-state index < -0.39 is 0 Å². The van der Waals surface area contributed by atoms with Crippen molar-refractivity contribution in [2.24, 2.45) is 5.41 Å². The monoisotopic (exact) mass is 465 g/mol. The molecule has 1 aliphatic heterocycles. The summed E-state index contributed by atoms with van der Waals surface area (Å²) in [5, 5.41) is 20.6. The molecule has 2 aromatic heterocycles. The molecule has 0 unspecified atom stereocenters. The van der Waals surface area contributed by atoms with Crippen LogP contribution in [0.2, 0.25) is 0 Å². The van der Waals surface area contributed by atoms with E-state index in [-0.39, 0.29) is 12.0 Å². The smallest absolute Gasteiger partial charge is 0.106 e. The van der Waals surface area contributed by atoms with Crippen molar-refractivity contribution < 1.29 is 5.11 Å². The quantitative estimate of drug-likeness (QED) is 0.436. The summed E-state index contributed by atoms with van der Waals surface area (Å²) in [6.45, 7) is 5.69. The number of likely N-dealkylation sites (tertiary alicyclic amines) is 1. The zero-order chi connectivity index (χ0) is 24.3. The lowest BCUT2D eigenvalue weighted by Crippen LogP contribution is -2.43. The highest BCUT2D eigenvalue weighted by molar-refractivity contribution is 5.78. The van der Waals surface area contributed by atoms with Crippen molar-refractivity contribution in [3.8, 4) is 6.07 Å². The zero-order valence-electron chi connectivity index (χ0n) is 20.2. The number of pyridine rings is 1. The maximum Gasteiger partial charge on any atom is 0.106 e. The van der Waals surface area contributed by atoms with Gasteiger partial charge in [0.05, 0.1) is 22.8 Å². The molecular weight excluding hydrogens is 434 g/mol. The molecule has 6 heteroatoms. The van der Waals surface area contributed by atoms with E-state index in [1.54, 1.807) is 0 Å². The molecule has 1 fully saturated rings. The largest absolute Gasteiger partial charge is 0.396 e. The van der Waals surface area contributed by atoms with Crippen LogP contribution in [0.5, 0.6) is 0 Å². The van der Waals surface area contributed by atoms with Gasteiger partial charge in [0, 0.05) is 42.4 Å². The molecule has 0 aliphatic carbocycles. The molecule has 6 nitrogen and oxygen atoms in total. The molecule has 2 aromatic carbocycles. The predicted molar refractivity (Wildman–Crippen MR) is 137 cm³/mol. The molecule has 35 heavy (non-hydrogen) atoms. The number of aliphatic hydroxyl groups excluding tert-OH is 1. The Morgan fingerprint density at radius 1 is 1.00 bits per heavy atom. The van der Waals surface area contributed by atoms with Gasteiger partial charge in [-0.25, -0.2) is 4.98 Å². The van der Waals surface area contributed by atoms with Crippen molar-refractivity contribution in [3.63, 3.8) is 0 Å². The molecule has 178 valence electrons. The number of nitriles is 1. The Labute approximate surface area is 206 Å². The Hall–Kier alpha value is -3.53. The third kappa shape index (κ3) is 5.12. The molecular formula is C29H31N5O. The van der Waals surface area contributed by atoms with Crippen LogP contribution in [0, 0.1) is 23.7 Å². The lowest BCUT2D eigenvalue weighted by molar-refractivity contribution is 0.0399. The number of aromatic nitrogens is 3. The number of benzene rings is 2. The van der Waals surface area contributed by atoms with Gasteiger partial charge in [-0.05, 0) is 69.1 Å². The predicted octanol–water partition coefficient (Wildman–Crippen LogP) is 4.48. The second-order valence-corrected chi connectivity index (χ2v) is 9.80. The number of imidazole rings is 1. The first-order valence-electron chi connectivity index (χ1n) is 12.3. The van der Waals surface area contributed by atoms with Gasteiger partial charge in [-0.1, -0.05) is 36.4 Å². The van der Waals surface area contributed by atoms with Crippen LogP contribution < -0.4 is 0 Å². The number of para-hydroxylation sites is 1. The highest BCUT2D eigenvalue weighted by Gasteiger charge is 2.35. The van der Waals surface area contributed by atoms with E-state index in [1.165, 1.54) is 5.69 Å². The molecule has 0 saturated carbocycles. The highest BCUT2D eigenvalue weighted by Crippen LogP contribution is 2.35. The van der Waals surface area contributed by atoms with Crippen LogP contribution in [0.3, 0.4) is 0 Å². The molecule has 0 radical (unpaired) electrons. The van der Waals surface area contributed by atoms with Crippen LogP contribution in [0.25, 0.3) is 10.9 Å². The van der Waals surface area contributed by atoms with Crippen LogP contribution >= 0.6 is 0 Å². The number of fused-ring (bicyclic) bond motifs is 1. The number of aliphatic hydroxyl groups is 1. The van der Waals surface area contributed by atoms with Crippen LogP contribution in [-0.4, -0.2) is 44.2 Å². The minimum atomic E-state index is -0.120. The molecule has 1 N–H and O–H groups in total. The maximum atomic E-state index is 10.4. The lowest BCUT2D eigenvalue weighted by Gasteiger charge is -2.40. The minimum absolute atomic E-state index is 0.120. The molecule has 0 bridgehead atoms. The SMILES string of the molecule is Cc1ncc(CN2CCC(CO)(Cc3ccc4ccccc4n3)CC2)n1Cc1ccc(C#N)cc1. The van der Waals surface area contributed by atoms with E-state index >= 15 is 0 Å². The Bertz CT molecular complexity index is 1340. The lowest BCUT2D eigenvalue weighted by atomic mass is 9.75. The number of piperidine rings is 1. The topological polar surface area (TPSA) is 78.0 Å². The van der Waals surface area contributed by atoms with E-state index in [1.807, 2.05) is 49.5 Å². The number of nitrogens with zero attached hydrogens (tertiary/aromatic N) is 5. The molecule has 1 saturated heterocycles. The second-order valence-electron chi connectivity index (χ2n) is 9.80. The minimum Gasteiger partial charge on any atom is -0.396 e. The molecule has 5 rings (SSSR count). The first kappa shape index (κ1) is 23.2. The number of hydrogen-bond donors (Lipinski definition) is 1. The third-order valence-corrected chi connectivity index (χ3v) is 7.41. The number of aryl methyl sites for hydroxylation is 1. The summed E-state index contributed by atoms with van der Waals surface area (Å²) in [5.74, 6) is 0.994. The summed E-state index contributed by atoms with van der Waals surface area (Å²) in [6, 6.07) is 22.4. The third-order valence-electron chi connectivity index (χ3n) is 7.41. The van der Waals surface area contributed by atoms with Crippen molar-refractivity contribution in [2.45, 2.75) is 39.3 Å². The summed E-state index contributed by atoms with van der Waals surface area (Å²) in [7, 11) is 0. The first-order chi connectivity index (χ1) is 17.1. The van der Waals surface area contributed by atoms with Crippen molar-refractivity contribution in [1.29, 1.82) is 5.26 Å². The number of rotatable bonds is 7. The molecule has 1 aliphatic rings. The second kappa shape index (κ2) is 9.99. The van der Waals surface area contributed by atoms with Crippen molar-refractivity contribution >= 4 is 10.9 Å². The molecule has 4 aromatic rings. The highest BCUT2D eigenvalue weighted by atomic mass is 16.3. The normalized spacial score (nSPS) is 15.8. The van der Waals surface area contributed by atoms with E-state index in [0.29, 0.717) is 5.56 Å². The maximum absolute atomic E-state index is 10.4. The van der Waals surface area contributed by atoms with Crippen LogP contribution in [0.15, 0.2) is 66.9 Å². The van der Waals surface area contributed by atoms with E-state index in [0.717, 1.165) is 73.4 Å². The van der Waals surface area contributed by atoms with Gasteiger partial charge in [0.1, 0.15) is 5.82 Å². The Balaban J connectivity index is 1.24. The summed E-state index contributed by atoms with van der Waals surface area (Å²) in [4.78, 5) is 11.9. The molecule has 3 heterocycles. The van der Waals surface area contributed by atoms with Gasteiger partial charge in [0.15, 0.2) is 0 Å². The van der Waals surface area contributed by atoms with Gasteiger partial charge in [0.2, 0.25) is 0 Å². The molecule has 0 atom stereocenters. The fourth-order valence-electron chi connectivity index (χ4n) is 5.12. The van der Waals surface area contributed by atoms with Gasteiger partial charge in [-0.3, -0.25) is 9.88 Å². The van der Waals surface area contributed by atoms with Gasteiger partial charge in [-0.15, -0.1) is 0 Å². The van der Waals surface area contributed by atoms with E-state index in [4.69, 9.17) is 10.2 Å². The van der Waals surface area contributed by atoms with Crippen LogP contribution in [0.4, 0.5) is 0 Å². The van der Waals surface area contributed by atoms with E-state index in [2.05, 4.69) is 44.8 Å². The Morgan fingerprint density at radius 2 is 1.77 bits per heavy atom. The van der Waals surface area contributed by atoms with Crippen molar-refractivity contribution in [2.75, 3.05) is 19.7 Å². The molecule has 0 amide bonds. The van der Waals surface area contributed by atoms with Gasteiger partial charge in [-0.2, -0.15) is 5.26 Å². The van der Waals surface area contributed by atoms with Gasteiger partial charge >= 0.3 is 0 Å². The standard InChI is InChI=1S/C29H31N5O/c1-22-31-18-27(34(22)19-24-8-6-23(17-30)7-9-24)20-33-14-12-29(21-35,13-15-33)16-26-11-10-25-4-2-3-5-28(25)32-26/h2-11,18,35H,12-16,19-21H2,1H3. The number of hydrogen-bond acceptors (Lipinski definition) is 5. The summed E-state index contributed by atoms with van der Waals surface area (Å²) in [6.07, 6.45) is 4.67. The Morgan fingerprint density at radius 3 is 2.51 bits per heavy atom. The van der Waals surface area contributed by atoms with Crippen LogP contribution in [0.1, 0.15) is 41.2 Å². The average molecular weight is 466 g/mol. The summed E-state index contributed by atoms with van der Waals surface area (Å²) >= 11 is 0. The fourth-order valence-corrected chi connectivity index (χ4v) is 5.12. The van der Waals surface area contributed by atoms with Crippen molar-refractivity contribution in [1.82, 2.24) is 19.4 Å².